The van der Waals surface area contributed by atoms with Crippen molar-refractivity contribution < 1.29 is 36.7 Å². The lowest BCUT2D eigenvalue weighted by molar-refractivity contribution is -0.137. The second-order valence-corrected chi connectivity index (χ2v) is 8.80. The van der Waals surface area contributed by atoms with Gasteiger partial charge in [-0.2, -0.15) is 18.2 Å². The van der Waals surface area contributed by atoms with Gasteiger partial charge in [-0.15, -0.1) is 0 Å². The van der Waals surface area contributed by atoms with Gasteiger partial charge in [0.05, 0.1) is 26.9 Å². The van der Waals surface area contributed by atoms with E-state index in [4.69, 9.17) is 18.7 Å². The highest BCUT2D eigenvalue weighted by Crippen LogP contribution is 2.30. The lowest BCUT2D eigenvalue weighted by Crippen LogP contribution is -2.35. The number of carbonyl (C=O) groups is 1. The first-order valence-corrected chi connectivity index (χ1v) is 12.4. The fourth-order valence-corrected chi connectivity index (χ4v) is 4.04. The monoisotopic (exact) mass is 555 g/mol. The van der Waals surface area contributed by atoms with Crippen molar-refractivity contribution in [3.63, 3.8) is 0 Å². The number of ether oxygens (including phenoxy) is 3. The molecule has 0 unspecified atom stereocenters. The molecule has 0 saturated carbocycles. The Morgan fingerprint density at radius 1 is 0.850 bits per heavy atom. The Morgan fingerprint density at radius 3 is 2.15 bits per heavy atom. The van der Waals surface area contributed by atoms with Crippen molar-refractivity contribution in [3.05, 3.63) is 89.3 Å². The molecule has 0 aliphatic heterocycles. The Hall–Kier alpha value is -4.54. The molecule has 0 N–H and O–H groups in total. The highest BCUT2D eigenvalue weighted by Gasteiger charge is 2.30. The van der Waals surface area contributed by atoms with Gasteiger partial charge in [-0.3, -0.25) is 4.79 Å². The molecule has 3 aromatic carbocycles. The van der Waals surface area contributed by atoms with Crippen LogP contribution in [0.15, 0.2) is 71.3 Å². The van der Waals surface area contributed by atoms with Gasteiger partial charge in [0.2, 0.25) is 11.7 Å². The van der Waals surface area contributed by atoms with E-state index in [9.17, 15) is 18.0 Å². The maximum atomic E-state index is 13.4. The molecule has 0 fully saturated rings. The normalized spacial score (nSPS) is 11.2. The van der Waals surface area contributed by atoms with Gasteiger partial charge in [0.1, 0.15) is 5.75 Å². The molecule has 0 saturated heterocycles. The molecule has 0 bridgehead atoms. The molecule has 8 nitrogen and oxygen atoms in total. The molecule has 0 atom stereocenters. The largest absolute Gasteiger partial charge is 0.497 e. The molecular formula is C29H28F3N3O5. The number of hydrogen-bond acceptors (Lipinski definition) is 7. The van der Waals surface area contributed by atoms with Crippen LogP contribution < -0.4 is 14.2 Å². The summed E-state index contributed by atoms with van der Waals surface area (Å²) in [5.74, 6) is 2.12. The molecule has 1 amide bonds. The van der Waals surface area contributed by atoms with Gasteiger partial charge in [0, 0.05) is 30.6 Å². The van der Waals surface area contributed by atoms with Gasteiger partial charge in [0.25, 0.3) is 5.91 Å². The Bertz CT molecular complexity index is 1420. The maximum Gasteiger partial charge on any atom is 0.416 e. The second-order valence-electron chi connectivity index (χ2n) is 8.80. The third-order valence-electron chi connectivity index (χ3n) is 6.28. The number of aromatic nitrogens is 2. The molecule has 0 spiro atoms. The number of amides is 1. The van der Waals surface area contributed by atoms with E-state index in [1.807, 2.05) is 12.1 Å². The number of rotatable bonds is 11. The molecular weight excluding hydrogens is 527 g/mol. The number of alkyl halides is 3. The Kier molecular flexibility index (Phi) is 8.93. The van der Waals surface area contributed by atoms with Crippen LogP contribution in [0, 0.1) is 0 Å². The minimum Gasteiger partial charge on any atom is -0.497 e. The van der Waals surface area contributed by atoms with Crippen LogP contribution in [0.2, 0.25) is 0 Å². The minimum absolute atomic E-state index is 0.143. The highest BCUT2D eigenvalue weighted by atomic mass is 19.4. The van der Waals surface area contributed by atoms with E-state index in [2.05, 4.69) is 10.1 Å². The second kappa shape index (κ2) is 12.5. The van der Waals surface area contributed by atoms with Crippen LogP contribution in [0.4, 0.5) is 13.2 Å². The average Bonchev–Trinajstić information content (AvgIpc) is 3.45. The topological polar surface area (TPSA) is 86.9 Å². The van der Waals surface area contributed by atoms with Gasteiger partial charge in [-0.25, -0.2) is 0 Å². The molecule has 4 aromatic rings. The van der Waals surface area contributed by atoms with Crippen molar-refractivity contribution in [2.24, 2.45) is 0 Å². The number of methoxy groups -OCH3 is 3. The maximum absolute atomic E-state index is 13.4. The van der Waals surface area contributed by atoms with Gasteiger partial charge in [0.15, 0.2) is 11.5 Å². The predicted molar refractivity (Wildman–Crippen MR) is 141 cm³/mol. The summed E-state index contributed by atoms with van der Waals surface area (Å²) >= 11 is 0. The Morgan fingerprint density at radius 2 is 1.52 bits per heavy atom. The lowest BCUT2D eigenvalue weighted by atomic mass is 10.1. The Balaban J connectivity index is 1.51. The van der Waals surface area contributed by atoms with E-state index in [1.165, 1.54) is 19.2 Å². The molecule has 40 heavy (non-hydrogen) atoms. The average molecular weight is 556 g/mol. The van der Waals surface area contributed by atoms with Crippen molar-refractivity contribution in [2.75, 3.05) is 34.4 Å². The van der Waals surface area contributed by atoms with E-state index < -0.39 is 17.6 Å². The minimum atomic E-state index is -4.49. The van der Waals surface area contributed by atoms with Crippen molar-refractivity contribution >= 4 is 5.91 Å². The van der Waals surface area contributed by atoms with Crippen LogP contribution in [-0.4, -0.2) is 55.4 Å². The standard InChI is InChI=1S/C29H28F3N3O5/c1-37-23-11-7-20(8-12-23)27-33-26(40-34-27)15-17-35(16-14-19-4-13-24(38-2)25(18-19)39-3)28(36)21-5-9-22(10-6-21)29(30,31)32/h4-13,18H,14-17H2,1-3H3. The number of nitrogens with zero attached hydrogens (tertiary/aromatic N) is 3. The number of hydrogen-bond donors (Lipinski definition) is 0. The molecule has 1 aromatic heterocycles. The fourth-order valence-electron chi connectivity index (χ4n) is 4.04. The van der Waals surface area contributed by atoms with E-state index >= 15 is 0 Å². The van der Waals surface area contributed by atoms with Crippen molar-refractivity contribution in [2.45, 2.75) is 19.0 Å². The van der Waals surface area contributed by atoms with E-state index in [-0.39, 0.29) is 25.1 Å². The van der Waals surface area contributed by atoms with E-state index in [0.717, 1.165) is 23.3 Å². The molecule has 0 radical (unpaired) electrons. The van der Waals surface area contributed by atoms with Crippen LogP contribution in [0.25, 0.3) is 11.4 Å². The zero-order valence-corrected chi connectivity index (χ0v) is 22.2. The summed E-state index contributed by atoms with van der Waals surface area (Å²) in [5, 5.41) is 4.02. The summed E-state index contributed by atoms with van der Waals surface area (Å²) in [6.07, 6.45) is -3.77. The lowest BCUT2D eigenvalue weighted by Gasteiger charge is -2.23. The first-order chi connectivity index (χ1) is 19.2. The van der Waals surface area contributed by atoms with Crippen LogP contribution in [0.1, 0.15) is 27.4 Å². The fraction of sp³-hybridized carbons (Fsp3) is 0.276. The Labute approximate surface area is 229 Å². The van der Waals surface area contributed by atoms with Crippen molar-refractivity contribution in [1.82, 2.24) is 15.0 Å². The molecule has 1 heterocycles. The molecule has 0 aliphatic rings. The summed E-state index contributed by atoms with van der Waals surface area (Å²) in [7, 11) is 4.65. The number of carbonyl (C=O) groups excluding carboxylic acids is 1. The summed E-state index contributed by atoms with van der Waals surface area (Å²) in [5.41, 5.74) is 0.951. The van der Waals surface area contributed by atoms with Crippen LogP contribution in [-0.2, 0) is 19.0 Å². The quantitative estimate of drug-likeness (QED) is 0.234. The molecule has 4 rings (SSSR count). The summed E-state index contributed by atoms with van der Waals surface area (Å²) in [4.78, 5) is 19.4. The molecule has 210 valence electrons. The molecule has 0 aliphatic carbocycles. The summed E-state index contributed by atoms with van der Waals surface area (Å²) in [6, 6.07) is 16.8. The van der Waals surface area contributed by atoms with Crippen LogP contribution in [0.3, 0.4) is 0 Å². The first-order valence-electron chi connectivity index (χ1n) is 12.4. The number of benzene rings is 3. The van der Waals surface area contributed by atoms with Crippen LogP contribution >= 0.6 is 0 Å². The smallest absolute Gasteiger partial charge is 0.416 e. The number of halogens is 3. The molecule has 11 heteroatoms. The first kappa shape index (κ1) is 28.5. The van der Waals surface area contributed by atoms with E-state index in [0.29, 0.717) is 35.4 Å². The summed E-state index contributed by atoms with van der Waals surface area (Å²) in [6.45, 7) is 0.492. The van der Waals surface area contributed by atoms with Crippen molar-refractivity contribution in [3.8, 4) is 28.6 Å². The van der Waals surface area contributed by atoms with Gasteiger partial charge >= 0.3 is 6.18 Å². The van der Waals surface area contributed by atoms with Gasteiger partial charge < -0.3 is 23.6 Å². The third-order valence-corrected chi connectivity index (χ3v) is 6.28. The van der Waals surface area contributed by atoms with E-state index in [1.54, 1.807) is 49.5 Å². The van der Waals surface area contributed by atoms with Crippen molar-refractivity contribution in [1.29, 1.82) is 0 Å². The third kappa shape index (κ3) is 6.90. The SMILES string of the molecule is COc1ccc(-c2noc(CCN(CCc3ccc(OC)c(OC)c3)C(=O)c3ccc(C(F)(F)F)cc3)n2)cc1. The zero-order chi connectivity index (χ0) is 28.7. The predicted octanol–water partition coefficient (Wildman–Crippen LogP) is 5.71. The van der Waals surface area contributed by atoms with Gasteiger partial charge in [-0.05, 0) is 72.6 Å². The highest BCUT2D eigenvalue weighted by molar-refractivity contribution is 5.94. The van der Waals surface area contributed by atoms with Gasteiger partial charge in [-0.1, -0.05) is 11.2 Å². The zero-order valence-electron chi connectivity index (χ0n) is 22.2. The summed E-state index contributed by atoms with van der Waals surface area (Å²) < 4.78 is 60.3. The van der Waals surface area contributed by atoms with Crippen LogP contribution in [0.5, 0.6) is 17.2 Å².